The van der Waals surface area contributed by atoms with E-state index in [1.54, 1.807) is 0 Å². The molecule has 0 heterocycles. The molecule has 2 atom stereocenters. The van der Waals surface area contributed by atoms with Gasteiger partial charge in [-0.25, -0.2) is 0 Å². The van der Waals surface area contributed by atoms with E-state index in [2.05, 4.69) is 30.9 Å². The summed E-state index contributed by atoms with van der Waals surface area (Å²) in [4.78, 5) is 2.40. The molecule has 1 aliphatic carbocycles. The summed E-state index contributed by atoms with van der Waals surface area (Å²) in [5.74, 6) is 0.788. The number of aliphatic hydroxyl groups is 1. The van der Waals surface area contributed by atoms with Crippen LogP contribution in [0.1, 0.15) is 40.0 Å². The van der Waals surface area contributed by atoms with Crippen LogP contribution in [0.4, 0.5) is 0 Å². The van der Waals surface area contributed by atoms with Gasteiger partial charge in [0.1, 0.15) is 0 Å². The largest absolute Gasteiger partial charge is 0.392 e. The highest BCUT2D eigenvalue weighted by Gasteiger charge is 2.18. The zero-order valence-electron chi connectivity index (χ0n) is 10.3. The molecule has 1 aliphatic rings. The van der Waals surface area contributed by atoms with Crippen LogP contribution in [0.5, 0.6) is 0 Å². The first-order valence-corrected chi connectivity index (χ1v) is 6.16. The van der Waals surface area contributed by atoms with Crippen molar-refractivity contribution in [3.63, 3.8) is 0 Å². The van der Waals surface area contributed by atoms with Gasteiger partial charge in [0, 0.05) is 19.1 Å². The lowest BCUT2D eigenvalue weighted by atomic mass is 9.93. The fourth-order valence-corrected chi connectivity index (χ4v) is 2.19. The van der Waals surface area contributed by atoms with Crippen LogP contribution in [-0.4, -0.2) is 35.2 Å². The number of hydrogen-bond donors (Lipinski definition) is 1. The van der Waals surface area contributed by atoms with Crippen molar-refractivity contribution < 1.29 is 5.11 Å². The normalized spacial score (nSPS) is 23.7. The molecule has 2 unspecified atom stereocenters. The third-order valence-corrected chi connectivity index (χ3v) is 3.10. The monoisotopic (exact) mass is 211 g/mol. The van der Waals surface area contributed by atoms with Crippen LogP contribution < -0.4 is 0 Å². The number of allylic oxidation sites excluding steroid dienone is 2. The first kappa shape index (κ1) is 12.7. The molecule has 1 rings (SSSR count). The van der Waals surface area contributed by atoms with Crippen molar-refractivity contribution in [3.8, 4) is 0 Å². The lowest BCUT2D eigenvalue weighted by molar-refractivity contribution is 0.0936. The van der Waals surface area contributed by atoms with Crippen molar-refractivity contribution >= 4 is 0 Å². The quantitative estimate of drug-likeness (QED) is 0.706. The maximum Gasteiger partial charge on any atom is 0.0639 e. The second-order valence-electron chi connectivity index (χ2n) is 5.05. The van der Waals surface area contributed by atoms with E-state index >= 15 is 0 Å². The maximum absolute atomic E-state index is 9.45. The van der Waals surface area contributed by atoms with Gasteiger partial charge in [-0.2, -0.15) is 0 Å². The van der Waals surface area contributed by atoms with E-state index in [4.69, 9.17) is 0 Å². The van der Waals surface area contributed by atoms with Crippen LogP contribution in [0.2, 0.25) is 0 Å². The molecule has 0 saturated heterocycles. The molecule has 0 amide bonds. The average Bonchev–Trinajstić information content (AvgIpc) is 2.17. The molecule has 2 nitrogen and oxygen atoms in total. The minimum absolute atomic E-state index is 0.216. The van der Waals surface area contributed by atoms with E-state index in [1.807, 2.05) is 6.92 Å². The topological polar surface area (TPSA) is 23.5 Å². The fraction of sp³-hybridized carbons (Fsp3) is 0.846. The molecule has 0 aliphatic heterocycles. The van der Waals surface area contributed by atoms with Crippen LogP contribution in [0.3, 0.4) is 0 Å². The second-order valence-corrected chi connectivity index (χ2v) is 5.05. The van der Waals surface area contributed by atoms with E-state index < -0.39 is 0 Å². The maximum atomic E-state index is 9.45. The highest BCUT2D eigenvalue weighted by Crippen LogP contribution is 2.20. The summed E-state index contributed by atoms with van der Waals surface area (Å²) in [6, 6.07) is 0.533. The van der Waals surface area contributed by atoms with Gasteiger partial charge >= 0.3 is 0 Å². The van der Waals surface area contributed by atoms with Gasteiger partial charge in [-0.15, -0.1) is 0 Å². The van der Waals surface area contributed by atoms with Crippen molar-refractivity contribution in [1.29, 1.82) is 0 Å². The second kappa shape index (κ2) is 6.29. The molecule has 0 bridgehead atoms. The molecule has 88 valence electrons. The molecular formula is C13H25NO. The van der Waals surface area contributed by atoms with Gasteiger partial charge in [-0.05, 0) is 46.0 Å². The SMILES string of the molecule is CC(O)CN(CC1CC=CCC1)C(C)C. The first-order chi connectivity index (χ1) is 7.09. The standard InChI is InChI=1S/C13H25NO/c1-11(2)14(9-12(3)15)10-13-7-5-4-6-8-13/h4-5,11-13,15H,6-10H2,1-3H3. The van der Waals surface area contributed by atoms with Crippen molar-refractivity contribution in [2.24, 2.45) is 5.92 Å². The van der Waals surface area contributed by atoms with Gasteiger partial charge in [-0.3, -0.25) is 4.90 Å². The van der Waals surface area contributed by atoms with E-state index in [0.29, 0.717) is 6.04 Å². The Morgan fingerprint density at radius 3 is 2.53 bits per heavy atom. The van der Waals surface area contributed by atoms with E-state index in [-0.39, 0.29) is 6.10 Å². The Morgan fingerprint density at radius 2 is 2.07 bits per heavy atom. The predicted molar refractivity (Wildman–Crippen MR) is 64.9 cm³/mol. The Balaban J connectivity index is 2.39. The van der Waals surface area contributed by atoms with Gasteiger partial charge in [-0.1, -0.05) is 12.2 Å². The Bertz CT molecular complexity index is 199. The summed E-state index contributed by atoms with van der Waals surface area (Å²) in [6.07, 6.45) is 8.11. The summed E-state index contributed by atoms with van der Waals surface area (Å²) in [5, 5.41) is 9.45. The van der Waals surface area contributed by atoms with E-state index in [9.17, 15) is 5.11 Å². The first-order valence-electron chi connectivity index (χ1n) is 6.16. The van der Waals surface area contributed by atoms with E-state index in [0.717, 1.165) is 19.0 Å². The number of rotatable bonds is 5. The van der Waals surface area contributed by atoms with Gasteiger partial charge in [0.2, 0.25) is 0 Å². The summed E-state index contributed by atoms with van der Waals surface area (Å²) in [6.45, 7) is 8.23. The third kappa shape index (κ3) is 4.80. The molecule has 0 aromatic rings. The highest BCUT2D eigenvalue weighted by molar-refractivity contribution is 4.91. The van der Waals surface area contributed by atoms with Crippen LogP contribution >= 0.6 is 0 Å². The fourth-order valence-electron chi connectivity index (χ4n) is 2.19. The number of nitrogens with zero attached hydrogens (tertiary/aromatic N) is 1. The molecule has 2 heteroatoms. The lowest BCUT2D eigenvalue weighted by Gasteiger charge is -2.32. The zero-order valence-corrected chi connectivity index (χ0v) is 10.3. The van der Waals surface area contributed by atoms with Gasteiger partial charge in [0.25, 0.3) is 0 Å². The molecular weight excluding hydrogens is 186 g/mol. The minimum atomic E-state index is -0.216. The van der Waals surface area contributed by atoms with E-state index in [1.165, 1.54) is 19.3 Å². The Labute approximate surface area is 94.0 Å². The molecule has 15 heavy (non-hydrogen) atoms. The molecule has 0 spiro atoms. The van der Waals surface area contributed by atoms with Crippen LogP contribution in [0.15, 0.2) is 12.2 Å². The zero-order chi connectivity index (χ0) is 11.3. The number of hydrogen-bond acceptors (Lipinski definition) is 2. The summed E-state index contributed by atoms with van der Waals surface area (Å²) in [7, 11) is 0. The molecule has 0 saturated carbocycles. The van der Waals surface area contributed by atoms with Gasteiger partial charge in [0.15, 0.2) is 0 Å². The Hall–Kier alpha value is -0.340. The predicted octanol–water partition coefficient (Wildman–Crippen LogP) is 2.43. The van der Waals surface area contributed by atoms with Crippen molar-refractivity contribution in [2.45, 2.75) is 52.2 Å². The van der Waals surface area contributed by atoms with Crippen molar-refractivity contribution in [3.05, 3.63) is 12.2 Å². The molecule has 1 N–H and O–H groups in total. The molecule has 0 aromatic carbocycles. The van der Waals surface area contributed by atoms with Crippen molar-refractivity contribution in [1.82, 2.24) is 4.90 Å². The van der Waals surface area contributed by atoms with Crippen LogP contribution in [-0.2, 0) is 0 Å². The highest BCUT2D eigenvalue weighted by atomic mass is 16.3. The molecule has 0 aromatic heterocycles. The molecule has 0 radical (unpaired) electrons. The lowest BCUT2D eigenvalue weighted by Crippen LogP contribution is -2.40. The minimum Gasteiger partial charge on any atom is -0.392 e. The Kier molecular flexibility index (Phi) is 5.34. The van der Waals surface area contributed by atoms with Crippen LogP contribution in [0.25, 0.3) is 0 Å². The summed E-state index contributed by atoms with van der Waals surface area (Å²) in [5.41, 5.74) is 0. The summed E-state index contributed by atoms with van der Waals surface area (Å²) >= 11 is 0. The van der Waals surface area contributed by atoms with Gasteiger partial charge < -0.3 is 5.11 Å². The molecule has 0 fully saturated rings. The van der Waals surface area contributed by atoms with Crippen LogP contribution in [0, 0.1) is 5.92 Å². The smallest absolute Gasteiger partial charge is 0.0639 e. The number of aliphatic hydroxyl groups excluding tert-OH is 1. The van der Waals surface area contributed by atoms with Gasteiger partial charge in [0.05, 0.1) is 6.10 Å². The average molecular weight is 211 g/mol. The third-order valence-electron chi connectivity index (χ3n) is 3.10. The Morgan fingerprint density at radius 1 is 1.33 bits per heavy atom. The van der Waals surface area contributed by atoms with Crippen molar-refractivity contribution in [2.75, 3.05) is 13.1 Å². The summed E-state index contributed by atoms with van der Waals surface area (Å²) < 4.78 is 0.